The minimum absolute atomic E-state index is 0.251. The molecule has 0 bridgehead atoms. The Labute approximate surface area is 102 Å². The lowest BCUT2D eigenvalue weighted by Crippen LogP contribution is -2.05. The maximum absolute atomic E-state index is 6.11. The van der Waals surface area contributed by atoms with Gasteiger partial charge in [-0.05, 0) is 41.5 Å². The highest BCUT2D eigenvalue weighted by molar-refractivity contribution is 5.39. The second-order valence-corrected chi connectivity index (χ2v) is 4.84. The van der Waals surface area contributed by atoms with Crippen molar-refractivity contribution in [1.29, 1.82) is 0 Å². The predicted octanol–water partition coefficient (Wildman–Crippen LogP) is 3.22. The quantitative estimate of drug-likeness (QED) is 0.831. The van der Waals surface area contributed by atoms with E-state index in [9.17, 15) is 0 Å². The van der Waals surface area contributed by atoms with Crippen molar-refractivity contribution in [1.82, 2.24) is 0 Å². The van der Waals surface area contributed by atoms with Gasteiger partial charge in [0.2, 0.25) is 0 Å². The van der Waals surface area contributed by atoms with Gasteiger partial charge in [0.05, 0.1) is 0 Å². The number of hydrogen-bond acceptors (Lipinski definition) is 1. The molecule has 0 saturated heterocycles. The van der Waals surface area contributed by atoms with Crippen molar-refractivity contribution in [3.8, 4) is 0 Å². The Kier molecular flexibility index (Phi) is 2.69. The van der Waals surface area contributed by atoms with Gasteiger partial charge >= 0.3 is 0 Å². The monoisotopic (exact) mass is 223 g/mol. The molecule has 2 aromatic rings. The number of aryl methyl sites for hydroxylation is 1. The topological polar surface area (TPSA) is 26.0 Å². The molecule has 0 heterocycles. The smallest absolute Gasteiger partial charge is 0.0300 e. The van der Waals surface area contributed by atoms with E-state index in [-0.39, 0.29) is 6.04 Å². The summed E-state index contributed by atoms with van der Waals surface area (Å²) in [7, 11) is 0. The molecule has 1 atom stereocenters. The first-order valence-electron chi connectivity index (χ1n) is 6.24. The molecule has 1 nitrogen and oxygen atoms in total. The third-order valence-corrected chi connectivity index (χ3v) is 3.59. The molecule has 0 aromatic heterocycles. The molecule has 0 fully saturated rings. The summed E-state index contributed by atoms with van der Waals surface area (Å²) in [5.74, 6) is 0. The molecule has 0 amide bonds. The van der Waals surface area contributed by atoms with E-state index in [0.717, 1.165) is 19.3 Å². The van der Waals surface area contributed by atoms with Gasteiger partial charge in [0.15, 0.2) is 0 Å². The molecule has 1 aliphatic carbocycles. The summed E-state index contributed by atoms with van der Waals surface area (Å²) < 4.78 is 0. The standard InChI is InChI=1S/C16H17N/c17-16-9-8-14-7-6-13(11-15(14)16)10-12-4-2-1-3-5-12/h1-7,11,16H,8-10,17H2. The van der Waals surface area contributed by atoms with Crippen LogP contribution in [0, 0.1) is 0 Å². The van der Waals surface area contributed by atoms with Crippen LogP contribution in [-0.2, 0) is 12.8 Å². The fourth-order valence-corrected chi connectivity index (χ4v) is 2.63. The molecule has 86 valence electrons. The maximum Gasteiger partial charge on any atom is 0.0300 e. The summed E-state index contributed by atoms with van der Waals surface area (Å²) in [6.45, 7) is 0. The van der Waals surface area contributed by atoms with Gasteiger partial charge < -0.3 is 5.73 Å². The Hall–Kier alpha value is -1.60. The van der Waals surface area contributed by atoms with Crippen LogP contribution in [0.25, 0.3) is 0 Å². The van der Waals surface area contributed by atoms with Crippen LogP contribution >= 0.6 is 0 Å². The lowest BCUT2D eigenvalue weighted by molar-refractivity contribution is 0.713. The molecule has 3 rings (SSSR count). The Morgan fingerprint density at radius 3 is 2.65 bits per heavy atom. The maximum atomic E-state index is 6.11. The third-order valence-electron chi connectivity index (χ3n) is 3.59. The summed E-state index contributed by atoms with van der Waals surface area (Å²) >= 11 is 0. The molecule has 17 heavy (non-hydrogen) atoms. The molecule has 0 aliphatic heterocycles. The van der Waals surface area contributed by atoms with Crippen molar-refractivity contribution in [2.24, 2.45) is 5.73 Å². The first-order valence-corrected chi connectivity index (χ1v) is 6.24. The van der Waals surface area contributed by atoms with Gasteiger partial charge in [-0.15, -0.1) is 0 Å². The van der Waals surface area contributed by atoms with Crippen LogP contribution in [0.15, 0.2) is 48.5 Å². The summed E-state index contributed by atoms with van der Waals surface area (Å²) in [6.07, 6.45) is 3.24. The molecule has 0 radical (unpaired) electrons. The summed E-state index contributed by atoms with van der Waals surface area (Å²) in [6, 6.07) is 17.6. The van der Waals surface area contributed by atoms with Crippen molar-refractivity contribution < 1.29 is 0 Å². The molecule has 1 unspecified atom stereocenters. The molecule has 1 aliphatic rings. The zero-order chi connectivity index (χ0) is 11.7. The van der Waals surface area contributed by atoms with E-state index in [4.69, 9.17) is 5.73 Å². The number of fused-ring (bicyclic) bond motifs is 1. The number of benzene rings is 2. The lowest BCUT2D eigenvalue weighted by atomic mass is 10.00. The van der Waals surface area contributed by atoms with Crippen molar-refractivity contribution >= 4 is 0 Å². The third kappa shape index (κ3) is 2.11. The van der Waals surface area contributed by atoms with Gasteiger partial charge in [-0.2, -0.15) is 0 Å². The van der Waals surface area contributed by atoms with Crippen LogP contribution in [0.2, 0.25) is 0 Å². The van der Waals surface area contributed by atoms with Crippen LogP contribution < -0.4 is 5.73 Å². The highest BCUT2D eigenvalue weighted by atomic mass is 14.6. The number of hydrogen-bond donors (Lipinski definition) is 1. The van der Waals surface area contributed by atoms with E-state index in [0.29, 0.717) is 0 Å². The number of rotatable bonds is 2. The van der Waals surface area contributed by atoms with Crippen LogP contribution in [0.1, 0.15) is 34.7 Å². The van der Waals surface area contributed by atoms with E-state index in [2.05, 4.69) is 48.5 Å². The highest BCUT2D eigenvalue weighted by Crippen LogP contribution is 2.30. The Morgan fingerprint density at radius 2 is 1.82 bits per heavy atom. The molecule has 2 aromatic carbocycles. The van der Waals surface area contributed by atoms with Crippen molar-refractivity contribution in [2.75, 3.05) is 0 Å². The van der Waals surface area contributed by atoms with E-state index < -0.39 is 0 Å². The van der Waals surface area contributed by atoms with E-state index in [1.165, 1.54) is 22.3 Å². The van der Waals surface area contributed by atoms with E-state index in [1.807, 2.05) is 0 Å². The normalized spacial score (nSPS) is 18.1. The van der Waals surface area contributed by atoms with Crippen LogP contribution in [-0.4, -0.2) is 0 Å². The first kappa shape index (κ1) is 10.5. The van der Waals surface area contributed by atoms with E-state index >= 15 is 0 Å². The fourth-order valence-electron chi connectivity index (χ4n) is 2.63. The van der Waals surface area contributed by atoms with Gasteiger partial charge in [-0.3, -0.25) is 0 Å². The minimum Gasteiger partial charge on any atom is -0.324 e. The zero-order valence-corrected chi connectivity index (χ0v) is 9.89. The van der Waals surface area contributed by atoms with Crippen molar-refractivity contribution in [2.45, 2.75) is 25.3 Å². The minimum atomic E-state index is 0.251. The van der Waals surface area contributed by atoms with Gasteiger partial charge in [0.25, 0.3) is 0 Å². The lowest BCUT2D eigenvalue weighted by Gasteiger charge is -2.08. The average molecular weight is 223 g/mol. The van der Waals surface area contributed by atoms with Crippen LogP contribution in [0.3, 0.4) is 0 Å². The molecular formula is C16H17N. The Balaban J connectivity index is 1.88. The first-order chi connectivity index (χ1) is 8.33. The second-order valence-electron chi connectivity index (χ2n) is 4.84. The largest absolute Gasteiger partial charge is 0.324 e. The molecule has 0 spiro atoms. The van der Waals surface area contributed by atoms with Crippen LogP contribution in [0.4, 0.5) is 0 Å². The highest BCUT2D eigenvalue weighted by Gasteiger charge is 2.18. The molecule has 0 saturated carbocycles. The fraction of sp³-hybridized carbons (Fsp3) is 0.250. The van der Waals surface area contributed by atoms with E-state index in [1.54, 1.807) is 0 Å². The SMILES string of the molecule is NC1CCc2ccc(Cc3ccccc3)cc21. The Bertz CT molecular complexity index is 516. The second kappa shape index (κ2) is 4.34. The van der Waals surface area contributed by atoms with Gasteiger partial charge in [0, 0.05) is 6.04 Å². The van der Waals surface area contributed by atoms with Crippen LogP contribution in [0.5, 0.6) is 0 Å². The summed E-state index contributed by atoms with van der Waals surface area (Å²) in [4.78, 5) is 0. The average Bonchev–Trinajstić information content (AvgIpc) is 2.73. The predicted molar refractivity (Wildman–Crippen MR) is 70.9 cm³/mol. The molecule has 2 N–H and O–H groups in total. The van der Waals surface area contributed by atoms with Gasteiger partial charge in [0.1, 0.15) is 0 Å². The number of nitrogens with two attached hydrogens (primary N) is 1. The van der Waals surface area contributed by atoms with Gasteiger partial charge in [-0.1, -0.05) is 48.5 Å². The molecule has 1 heteroatoms. The summed E-state index contributed by atoms with van der Waals surface area (Å²) in [5.41, 5.74) is 11.6. The molecular weight excluding hydrogens is 206 g/mol. The Morgan fingerprint density at radius 1 is 1.00 bits per heavy atom. The summed E-state index contributed by atoms with van der Waals surface area (Å²) in [5, 5.41) is 0. The van der Waals surface area contributed by atoms with Crippen molar-refractivity contribution in [3.63, 3.8) is 0 Å². The van der Waals surface area contributed by atoms with Crippen molar-refractivity contribution in [3.05, 3.63) is 70.8 Å². The van der Waals surface area contributed by atoms with Gasteiger partial charge in [-0.25, -0.2) is 0 Å². The zero-order valence-electron chi connectivity index (χ0n) is 9.89.